The van der Waals surface area contributed by atoms with Crippen LogP contribution in [0, 0.1) is 11.6 Å². The van der Waals surface area contributed by atoms with Crippen molar-refractivity contribution in [1.29, 1.82) is 0 Å². The van der Waals surface area contributed by atoms with Crippen molar-refractivity contribution >= 4 is 29.9 Å². The normalized spacial score (nSPS) is 22.7. The molecule has 0 unspecified atom stereocenters. The number of ether oxygens (including phenoxy) is 1. The number of carbonyl (C=O) groups is 1. The minimum Gasteiger partial charge on any atom is -0.448 e. The van der Waals surface area contributed by atoms with Gasteiger partial charge in [0.1, 0.15) is 18.2 Å². The number of nitrogens with zero attached hydrogens (tertiary/aromatic N) is 3. The number of hydrogen-bond donors (Lipinski definition) is 0. The van der Waals surface area contributed by atoms with Crippen LogP contribution in [-0.4, -0.2) is 60.8 Å². The molecule has 184 valence electrons. The maximum absolute atomic E-state index is 14.2. The fourth-order valence-electron chi connectivity index (χ4n) is 5.85. The van der Waals surface area contributed by atoms with Crippen molar-refractivity contribution in [3.8, 4) is 0 Å². The summed E-state index contributed by atoms with van der Waals surface area (Å²) in [6.45, 7) is 6.11. The van der Waals surface area contributed by atoms with E-state index in [1.54, 1.807) is 6.07 Å². The van der Waals surface area contributed by atoms with Crippen LogP contribution in [0.1, 0.15) is 44.1 Å². The van der Waals surface area contributed by atoms with Crippen molar-refractivity contribution in [3.05, 3.63) is 59.7 Å². The summed E-state index contributed by atoms with van der Waals surface area (Å²) in [5.41, 5.74) is 3.02. The average molecular weight is 492 g/mol. The van der Waals surface area contributed by atoms with E-state index in [-0.39, 0.29) is 48.1 Å². The van der Waals surface area contributed by atoms with Gasteiger partial charge in [-0.05, 0) is 80.3 Å². The molecule has 3 aliphatic heterocycles. The molecule has 0 spiro atoms. The molecule has 0 N–H and O–H groups in total. The Bertz CT molecular complexity index is 1010. The number of halogens is 3. The molecule has 3 atom stereocenters. The minimum absolute atomic E-state index is 0. The van der Waals surface area contributed by atoms with E-state index in [9.17, 15) is 13.6 Å². The molecule has 2 saturated heterocycles. The van der Waals surface area contributed by atoms with E-state index in [0.29, 0.717) is 13.2 Å². The summed E-state index contributed by atoms with van der Waals surface area (Å²) < 4.78 is 32.8. The van der Waals surface area contributed by atoms with Crippen molar-refractivity contribution in [2.45, 2.75) is 50.6 Å². The highest BCUT2D eigenvalue weighted by Gasteiger charge is 2.42. The number of fused-ring (bicyclic) bond motifs is 3. The predicted molar refractivity (Wildman–Crippen MR) is 131 cm³/mol. The van der Waals surface area contributed by atoms with Gasteiger partial charge >= 0.3 is 6.09 Å². The number of likely N-dealkylation sites (tertiary alicyclic amines) is 1. The zero-order valence-corrected chi connectivity index (χ0v) is 20.3. The highest BCUT2D eigenvalue weighted by atomic mass is 35.5. The number of piperidine rings is 1. The second kappa shape index (κ2) is 10.5. The Morgan fingerprint density at radius 2 is 1.85 bits per heavy atom. The van der Waals surface area contributed by atoms with Crippen LogP contribution in [0.4, 0.5) is 25.0 Å². The number of anilines is 2. The maximum atomic E-state index is 14.2. The number of rotatable bonds is 7. The van der Waals surface area contributed by atoms with Gasteiger partial charge in [-0.1, -0.05) is 6.92 Å². The lowest BCUT2D eigenvalue weighted by atomic mass is 9.88. The Balaban J connectivity index is 0.00000274. The van der Waals surface area contributed by atoms with E-state index in [2.05, 4.69) is 16.7 Å². The average Bonchev–Trinajstić information content (AvgIpc) is 3.38. The summed E-state index contributed by atoms with van der Waals surface area (Å²) in [5.74, 6) is -0.255. The van der Waals surface area contributed by atoms with E-state index < -0.39 is 0 Å². The van der Waals surface area contributed by atoms with Crippen LogP contribution >= 0.6 is 12.4 Å². The predicted octanol–water partition coefficient (Wildman–Crippen LogP) is 5.71. The monoisotopic (exact) mass is 491 g/mol. The Morgan fingerprint density at radius 3 is 2.56 bits per heavy atom. The van der Waals surface area contributed by atoms with E-state index in [1.165, 1.54) is 18.2 Å². The molecule has 1 amide bonds. The van der Waals surface area contributed by atoms with Crippen LogP contribution in [0.2, 0.25) is 0 Å². The van der Waals surface area contributed by atoms with Crippen LogP contribution in [0.15, 0.2) is 42.5 Å². The van der Waals surface area contributed by atoms with Gasteiger partial charge in [-0.2, -0.15) is 0 Å². The Morgan fingerprint density at radius 1 is 1.09 bits per heavy atom. The van der Waals surface area contributed by atoms with E-state index >= 15 is 0 Å². The third-order valence-electron chi connectivity index (χ3n) is 7.46. The topological polar surface area (TPSA) is 36.0 Å². The molecule has 5 rings (SSSR count). The molecular formula is C26H32ClF2N3O2. The molecule has 2 aromatic carbocycles. The molecule has 8 heteroatoms. The van der Waals surface area contributed by atoms with Crippen molar-refractivity contribution in [1.82, 2.24) is 9.80 Å². The fraction of sp³-hybridized carbons (Fsp3) is 0.500. The number of amides is 1. The number of cyclic esters (lactones) is 1. The molecule has 34 heavy (non-hydrogen) atoms. The highest BCUT2D eigenvalue weighted by molar-refractivity contribution is 5.85. The summed E-state index contributed by atoms with van der Waals surface area (Å²) in [5, 5.41) is 0. The standard InChI is InChI=1S/C26H31F2N3O2.ClH/c1-2-20(30-14-15-33-26(30)32)4-3-12-29-13-11-25-23(17-29)22-16-19(28)7-10-24(22)31(25)21-8-5-18(27)6-9-21;/h5-10,16,20,23,25H,2-4,11-15,17H2,1H3;1H/t20-,23+,25-;/m1./s1. The SMILES string of the molecule is CC[C@H](CCCN1CC[C@@H]2[C@@H](C1)c1cc(F)ccc1N2c1ccc(F)cc1)N1CCOC1=O.Cl. The molecular weight excluding hydrogens is 460 g/mol. The zero-order chi connectivity index (χ0) is 22.9. The summed E-state index contributed by atoms with van der Waals surface area (Å²) >= 11 is 0. The largest absolute Gasteiger partial charge is 0.448 e. The first kappa shape index (κ1) is 24.7. The second-order valence-corrected chi connectivity index (χ2v) is 9.32. The number of hydrogen-bond acceptors (Lipinski definition) is 4. The molecule has 3 heterocycles. The van der Waals surface area contributed by atoms with Crippen LogP contribution in [0.25, 0.3) is 0 Å². The van der Waals surface area contributed by atoms with Gasteiger partial charge in [-0.3, -0.25) is 0 Å². The quantitative estimate of drug-likeness (QED) is 0.497. The molecule has 0 aliphatic carbocycles. The molecule has 0 radical (unpaired) electrons. The van der Waals surface area contributed by atoms with E-state index in [0.717, 1.165) is 62.3 Å². The van der Waals surface area contributed by atoms with Gasteiger partial charge in [-0.15, -0.1) is 12.4 Å². The summed E-state index contributed by atoms with van der Waals surface area (Å²) in [7, 11) is 0. The van der Waals surface area contributed by atoms with Crippen molar-refractivity contribution < 1.29 is 18.3 Å². The Labute approximate surface area is 206 Å². The smallest absolute Gasteiger partial charge is 0.410 e. The lowest BCUT2D eigenvalue weighted by Gasteiger charge is -2.39. The zero-order valence-electron chi connectivity index (χ0n) is 19.5. The van der Waals surface area contributed by atoms with Crippen molar-refractivity contribution in [3.63, 3.8) is 0 Å². The van der Waals surface area contributed by atoms with Crippen molar-refractivity contribution in [2.24, 2.45) is 0 Å². The lowest BCUT2D eigenvalue weighted by molar-refractivity contribution is 0.141. The van der Waals surface area contributed by atoms with E-state index in [1.807, 2.05) is 23.1 Å². The third kappa shape index (κ3) is 4.73. The Hall–Kier alpha value is -2.38. The van der Waals surface area contributed by atoms with Crippen LogP contribution in [0.5, 0.6) is 0 Å². The molecule has 2 fully saturated rings. The van der Waals surface area contributed by atoms with Gasteiger partial charge in [0.25, 0.3) is 0 Å². The highest BCUT2D eigenvalue weighted by Crippen LogP contribution is 2.48. The van der Waals surface area contributed by atoms with Crippen molar-refractivity contribution in [2.75, 3.05) is 37.7 Å². The van der Waals surface area contributed by atoms with Gasteiger partial charge in [0.05, 0.1) is 6.54 Å². The first-order valence-electron chi connectivity index (χ1n) is 12.0. The Kier molecular flexibility index (Phi) is 7.63. The summed E-state index contributed by atoms with van der Waals surface area (Å²) in [6.07, 6.45) is 3.68. The first-order valence-corrected chi connectivity index (χ1v) is 12.0. The number of benzene rings is 2. The van der Waals surface area contributed by atoms with Gasteiger partial charge < -0.3 is 19.4 Å². The molecule has 0 saturated carbocycles. The minimum atomic E-state index is -0.253. The first-order chi connectivity index (χ1) is 16.0. The van der Waals surface area contributed by atoms with Gasteiger partial charge in [0, 0.05) is 42.5 Å². The summed E-state index contributed by atoms with van der Waals surface area (Å²) in [6, 6.07) is 12.1. The third-order valence-corrected chi connectivity index (χ3v) is 7.46. The molecule has 2 aromatic rings. The lowest BCUT2D eigenvalue weighted by Crippen LogP contribution is -2.45. The van der Waals surface area contributed by atoms with Gasteiger partial charge in [0.15, 0.2) is 0 Å². The van der Waals surface area contributed by atoms with Crippen LogP contribution in [0.3, 0.4) is 0 Å². The summed E-state index contributed by atoms with van der Waals surface area (Å²) in [4.78, 5) is 18.5. The van der Waals surface area contributed by atoms with Gasteiger partial charge in [-0.25, -0.2) is 13.6 Å². The second-order valence-electron chi connectivity index (χ2n) is 9.32. The number of carbonyl (C=O) groups excluding carboxylic acids is 1. The van der Waals surface area contributed by atoms with Crippen LogP contribution < -0.4 is 4.90 Å². The van der Waals surface area contributed by atoms with Crippen LogP contribution in [-0.2, 0) is 4.74 Å². The fourth-order valence-corrected chi connectivity index (χ4v) is 5.85. The van der Waals surface area contributed by atoms with Gasteiger partial charge in [0.2, 0.25) is 0 Å². The van der Waals surface area contributed by atoms with E-state index in [4.69, 9.17) is 4.74 Å². The molecule has 0 aromatic heterocycles. The molecule has 5 nitrogen and oxygen atoms in total. The maximum Gasteiger partial charge on any atom is 0.410 e. The molecule has 3 aliphatic rings. The molecule has 0 bridgehead atoms.